The Morgan fingerprint density at radius 2 is 1.89 bits per heavy atom. The average molecular weight is 349 g/mol. The molecule has 0 spiro atoms. The van der Waals surface area contributed by atoms with Gasteiger partial charge in [0, 0.05) is 36.2 Å². The van der Waals surface area contributed by atoms with E-state index < -0.39 is 0 Å². The molecule has 19 heavy (non-hydrogen) atoms. The zero-order chi connectivity index (χ0) is 12.8. The number of morpholine rings is 1. The lowest BCUT2D eigenvalue weighted by Gasteiger charge is -2.26. The first-order chi connectivity index (χ1) is 8.75. The van der Waals surface area contributed by atoms with Crippen molar-refractivity contribution >= 4 is 21.8 Å². The second-order valence-corrected chi connectivity index (χ2v) is 5.13. The van der Waals surface area contributed by atoms with Gasteiger partial charge < -0.3 is 22.5 Å². The average Bonchev–Trinajstić information content (AvgIpc) is 2.40. The fourth-order valence-electron chi connectivity index (χ4n) is 1.86. The maximum Gasteiger partial charge on any atom is 0.251 e. The summed E-state index contributed by atoms with van der Waals surface area (Å²) >= 11 is 3.35. The third-order valence-electron chi connectivity index (χ3n) is 2.92. The number of hydrogen-bond donors (Lipinski definition) is 1. The van der Waals surface area contributed by atoms with Gasteiger partial charge in [-0.05, 0) is 24.3 Å². The normalized spacial score (nSPS) is 15.6. The molecule has 4 nitrogen and oxygen atoms in total. The van der Waals surface area contributed by atoms with Crippen molar-refractivity contribution in [2.24, 2.45) is 0 Å². The van der Waals surface area contributed by atoms with Gasteiger partial charge in [-0.2, -0.15) is 0 Å². The van der Waals surface area contributed by atoms with E-state index in [-0.39, 0.29) is 18.3 Å². The molecule has 0 bridgehead atoms. The molecule has 1 aromatic carbocycles. The van der Waals surface area contributed by atoms with Crippen LogP contribution in [0.25, 0.3) is 0 Å². The fourth-order valence-corrected chi connectivity index (χ4v) is 2.12. The van der Waals surface area contributed by atoms with Gasteiger partial charge in [0.1, 0.15) is 0 Å². The summed E-state index contributed by atoms with van der Waals surface area (Å²) in [5, 5.41) is 2.93. The third-order valence-corrected chi connectivity index (χ3v) is 3.45. The van der Waals surface area contributed by atoms with Crippen LogP contribution in [0.2, 0.25) is 0 Å². The first-order valence-corrected chi connectivity index (χ1v) is 6.89. The lowest BCUT2D eigenvalue weighted by Crippen LogP contribution is -3.00. The van der Waals surface area contributed by atoms with E-state index in [1.54, 1.807) is 0 Å². The van der Waals surface area contributed by atoms with Gasteiger partial charge in [-0.3, -0.25) is 9.69 Å². The monoisotopic (exact) mass is 347 g/mol. The molecule has 0 radical (unpaired) electrons. The Morgan fingerprint density at radius 1 is 1.26 bits per heavy atom. The summed E-state index contributed by atoms with van der Waals surface area (Å²) in [4.78, 5) is 14.1. The summed E-state index contributed by atoms with van der Waals surface area (Å²) in [5.74, 6) is -0.0178. The summed E-state index contributed by atoms with van der Waals surface area (Å²) in [6.07, 6.45) is 0. The van der Waals surface area contributed by atoms with E-state index in [0.29, 0.717) is 12.1 Å². The highest BCUT2D eigenvalue weighted by atomic mass is 79.9. The maximum absolute atomic E-state index is 11.8. The summed E-state index contributed by atoms with van der Waals surface area (Å²) < 4.78 is 6.25. The number of carbonyl (C=O) groups is 1. The minimum atomic E-state index is -0.0178. The number of carbonyl (C=O) groups excluding carboxylic acids is 1. The number of ether oxygens (including phenoxy) is 1. The molecule has 2 rings (SSSR count). The van der Waals surface area contributed by atoms with E-state index in [1.807, 2.05) is 24.3 Å². The van der Waals surface area contributed by atoms with Crippen LogP contribution in [-0.4, -0.2) is 50.2 Å². The second-order valence-electron chi connectivity index (χ2n) is 4.22. The zero-order valence-corrected chi connectivity index (χ0v) is 12.9. The van der Waals surface area contributed by atoms with E-state index in [2.05, 4.69) is 26.1 Å². The molecule has 0 aliphatic carbocycles. The number of benzene rings is 1. The van der Waals surface area contributed by atoms with Crippen LogP contribution >= 0.6 is 15.9 Å². The molecule has 0 atom stereocenters. The van der Waals surface area contributed by atoms with Gasteiger partial charge in [-0.15, -0.1) is 0 Å². The lowest BCUT2D eigenvalue weighted by atomic mass is 10.2. The van der Waals surface area contributed by atoms with E-state index in [9.17, 15) is 4.79 Å². The van der Waals surface area contributed by atoms with Gasteiger partial charge in [-0.25, -0.2) is 0 Å². The highest BCUT2D eigenvalue weighted by Gasteiger charge is 2.10. The molecule has 1 N–H and O–H groups in total. The molecule has 6 heteroatoms. The molecule has 1 saturated heterocycles. The summed E-state index contributed by atoms with van der Waals surface area (Å²) in [5.41, 5.74) is 0.695. The van der Waals surface area contributed by atoms with Gasteiger partial charge in [0.2, 0.25) is 0 Å². The molecular weight excluding hydrogens is 332 g/mol. The summed E-state index contributed by atoms with van der Waals surface area (Å²) in [6, 6.07) is 7.37. The van der Waals surface area contributed by atoms with Crippen molar-refractivity contribution in [1.29, 1.82) is 0 Å². The SMILES string of the molecule is O=C(NCCN1CCOCC1)c1ccc(Br)cc1.[Cl-]. The molecule has 1 heterocycles. The Morgan fingerprint density at radius 3 is 2.53 bits per heavy atom. The fraction of sp³-hybridized carbons (Fsp3) is 0.462. The van der Waals surface area contributed by atoms with Gasteiger partial charge in [0.25, 0.3) is 5.91 Å². The molecular formula is C13H17BrClN2O2-. The molecule has 0 aromatic heterocycles. The number of halogens is 2. The predicted molar refractivity (Wildman–Crippen MR) is 73.7 cm³/mol. The highest BCUT2D eigenvalue weighted by molar-refractivity contribution is 9.10. The van der Waals surface area contributed by atoms with Crippen LogP contribution in [-0.2, 0) is 4.74 Å². The van der Waals surface area contributed by atoms with Gasteiger partial charge in [-0.1, -0.05) is 15.9 Å². The number of nitrogens with one attached hydrogen (secondary N) is 1. The first-order valence-electron chi connectivity index (χ1n) is 6.09. The minimum absolute atomic E-state index is 0. The van der Waals surface area contributed by atoms with Crippen LogP contribution < -0.4 is 17.7 Å². The number of amides is 1. The zero-order valence-electron chi connectivity index (χ0n) is 10.6. The summed E-state index contributed by atoms with van der Waals surface area (Å²) in [6.45, 7) is 5.05. The van der Waals surface area contributed by atoms with Crippen molar-refractivity contribution in [3.63, 3.8) is 0 Å². The molecule has 1 aliphatic heterocycles. The molecule has 1 amide bonds. The van der Waals surface area contributed by atoms with E-state index in [1.165, 1.54) is 0 Å². The first kappa shape index (κ1) is 16.4. The van der Waals surface area contributed by atoms with Crippen molar-refractivity contribution in [2.75, 3.05) is 39.4 Å². The summed E-state index contributed by atoms with van der Waals surface area (Å²) in [7, 11) is 0. The molecule has 1 fully saturated rings. The van der Waals surface area contributed by atoms with E-state index in [0.717, 1.165) is 37.3 Å². The lowest BCUT2D eigenvalue weighted by molar-refractivity contribution is -0.0000143. The van der Waals surface area contributed by atoms with E-state index in [4.69, 9.17) is 4.74 Å². The Bertz CT molecular complexity index is 394. The number of rotatable bonds is 4. The molecule has 0 saturated carbocycles. The van der Waals surface area contributed by atoms with Crippen LogP contribution in [0, 0.1) is 0 Å². The van der Waals surface area contributed by atoms with Crippen molar-refractivity contribution in [3.8, 4) is 0 Å². The van der Waals surface area contributed by atoms with Crippen LogP contribution in [0.5, 0.6) is 0 Å². The Kier molecular flexibility index (Phi) is 7.38. The molecule has 0 unspecified atom stereocenters. The van der Waals surface area contributed by atoms with Crippen LogP contribution in [0.4, 0.5) is 0 Å². The third kappa shape index (κ3) is 5.48. The van der Waals surface area contributed by atoms with Gasteiger partial charge in [0.15, 0.2) is 0 Å². The topological polar surface area (TPSA) is 41.6 Å². The Balaban J connectivity index is 0.00000180. The Labute approximate surface area is 128 Å². The van der Waals surface area contributed by atoms with Crippen molar-refractivity contribution in [3.05, 3.63) is 34.3 Å². The maximum atomic E-state index is 11.8. The number of nitrogens with zero attached hydrogens (tertiary/aromatic N) is 1. The molecule has 1 aromatic rings. The van der Waals surface area contributed by atoms with Crippen molar-refractivity contribution < 1.29 is 21.9 Å². The standard InChI is InChI=1S/C13H17BrN2O2.ClH/c14-12-3-1-11(2-4-12)13(17)15-5-6-16-7-9-18-10-8-16;/h1-4H,5-10H2,(H,15,17);1H/p-1. The van der Waals surface area contributed by atoms with E-state index >= 15 is 0 Å². The smallest absolute Gasteiger partial charge is 0.251 e. The van der Waals surface area contributed by atoms with Crippen LogP contribution in [0.15, 0.2) is 28.7 Å². The Hall–Kier alpha value is -0.620. The van der Waals surface area contributed by atoms with Crippen LogP contribution in [0.3, 0.4) is 0 Å². The van der Waals surface area contributed by atoms with Crippen LogP contribution in [0.1, 0.15) is 10.4 Å². The van der Waals surface area contributed by atoms with Gasteiger partial charge in [0.05, 0.1) is 13.2 Å². The van der Waals surface area contributed by atoms with Crippen molar-refractivity contribution in [2.45, 2.75) is 0 Å². The quantitative estimate of drug-likeness (QED) is 0.721. The minimum Gasteiger partial charge on any atom is -1.00 e. The predicted octanol–water partition coefficient (Wildman–Crippen LogP) is -1.48. The molecule has 1 aliphatic rings. The largest absolute Gasteiger partial charge is 1.00 e. The number of hydrogen-bond acceptors (Lipinski definition) is 3. The van der Waals surface area contributed by atoms with Crippen molar-refractivity contribution in [1.82, 2.24) is 10.2 Å². The van der Waals surface area contributed by atoms with Gasteiger partial charge >= 0.3 is 0 Å². The second kappa shape index (κ2) is 8.53. The highest BCUT2D eigenvalue weighted by Crippen LogP contribution is 2.10. The molecule has 106 valence electrons.